The second kappa shape index (κ2) is 7.67. The number of carbonyl (C=O) groups excluding carboxylic acids is 2. The summed E-state index contributed by atoms with van der Waals surface area (Å²) < 4.78 is 37.6. The van der Waals surface area contributed by atoms with Crippen molar-refractivity contribution in [2.24, 2.45) is 0 Å². The first-order valence-corrected chi connectivity index (χ1v) is 9.55. The summed E-state index contributed by atoms with van der Waals surface area (Å²) in [5, 5.41) is 8.72. The molecule has 2 unspecified atom stereocenters. The zero-order chi connectivity index (χ0) is 21.4. The van der Waals surface area contributed by atoms with Gasteiger partial charge in [-0.15, -0.1) is 0 Å². The molecule has 4 rings (SSSR count). The molecule has 1 aromatic carbocycles. The zero-order valence-electron chi connectivity index (χ0n) is 15.9. The molecule has 30 heavy (non-hydrogen) atoms. The molecule has 0 radical (unpaired) electrons. The van der Waals surface area contributed by atoms with Gasteiger partial charge in [-0.25, -0.2) is 9.97 Å². The second-order valence-corrected chi connectivity index (χ2v) is 7.59. The molecule has 2 amide bonds. The van der Waals surface area contributed by atoms with Gasteiger partial charge >= 0.3 is 6.18 Å². The molecule has 1 saturated heterocycles. The lowest BCUT2D eigenvalue weighted by Crippen LogP contribution is -2.57. The summed E-state index contributed by atoms with van der Waals surface area (Å²) in [6.45, 7) is 0. The van der Waals surface area contributed by atoms with Gasteiger partial charge in [0.2, 0.25) is 11.8 Å². The van der Waals surface area contributed by atoms with Crippen LogP contribution >= 0.6 is 0 Å². The predicted octanol–water partition coefficient (Wildman–Crippen LogP) is 1.86. The third-order valence-electron chi connectivity index (χ3n) is 5.25. The van der Waals surface area contributed by atoms with Crippen LogP contribution in [0.15, 0.2) is 42.7 Å². The number of nitrogens with zero attached hydrogens (tertiary/aromatic N) is 2. The lowest BCUT2D eigenvalue weighted by atomic mass is 10.0. The van der Waals surface area contributed by atoms with Crippen molar-refractivity contribution in [3.63, 3.8) is 0 Å². The van der Waals surface area contributed by atoms with Gasteiger partial charge in [-0.05, 0) is 30.0 Å². The summed E-state index contributed by atoms with van der Waals surface area (Å²) >= 11 is 0. The van der Waals surface area contributed by atoms with Crippen molar-refractivity contribution in [3.8, 4) is 0 Å². The van der Waals surface area contributed by atoms with E-state index >= 15 is 0 Å². The van der Waals surface area contributed by atoms with Gasteiger partial charge in [0.1, 0.15) is 6.17 Å². The number of halogens is 3. The molecule has 2 aromatic rings. The first kappa shape index (κ1) is 20.3. The monoisotopic (exact) mass is 419 g/mol. The number of carbonyl (C=O) groups is 2. The molecule has 10 heteroatoms. The highest BCUT2D eigenvalue weighted by Crippen LogP contribution is 2.45. The third kappa shape index (κ3) is 4.59. The minimum absolute atomic E-state index is 0.0320. The Morgan fingerprint density at radius 1 is 1.17 bits per heavy atom. The van der Waals surface area contributed by atoms with E-state index in [4.69, 9.17) is 0 Å². The topological polar surface area (TPSA) is 96.0 Å². The van der Waals surface area contributed by atoms with Crippen molar-refractivity contribution in [1.82, 2.24) is 25.9 Å². The van der Waals surface area contributed by atoms with Crippen LogP contribution in [0.4, 0.5) is 13.2 Å². The highest BCUT2D eigenvalue weighted by atomic mass is 19.4. The molecule has 0 spiro atoms. The van der Waals surface area contributed by atoms with Crippen LogP contribution < -0.4 is 16.0 Å². The smallest absolute Gasteiger partial charge is 0.345 e. The average molecular weight is 419 g/mol. The number of benzene rings is 1. The molecular formula is C20H20F3N5O2. The van der Waals surface area contributed by atoms with Gasteiger partial charge in [0.05, 0.1) is 24.4 Å². The molecule has 158 valence electrons. The maximum atomic E-state index is 12.9. The Labute approximate surface area is 170 Å². The Bertz CT molecular complexity index is 930. The summed E-state index contributed by atoms with van der Waals surface area (Å²) in [5.74, 6) is -0.292. The normalized spacial score (nSPS) is 22.8. The molecule has 1 aliphatic carbocycles. The number of alkyl halides is 3. The lowest BCUT2D eigenvalue weighted by Gasteiger charge is -2.31. The van der Waals surface area contributed by atoms with E-state index < -0.39 is 30.3 Å². The van der Waals surface area contributed by atoms with Crippen molar-refractivity contribution >= 4 is 11.8 Å². The van der Waals surface area contributed by atoms with Crippen molar-refractivity contribution in [2.45, 2.75) is 49.6 Å². The fourth-order valence-corrected chi connectivity index (χ4v) is 3.58. The Hall–Kier alpha value is -3.01. The summed E-state index contributed by atoms with van der Waals surface area (Å²) in [6.07, 6.45) is -1.52. The number of hydrogen-bond donors (Lipinski definition) is 3. The molecule has 2 aliphatic rings. The zero-order valence-corrected chi connectivity index (χ0v) is 15.9. The van der Waals surface area contributed by atoms with Gasteiger partial charge in [0.25, 0.3) is 0 Å². The fraction of sp³-hybridized carbons (Fsp3) is 0.400. The fourth-order valence-electron chi connectivity index (χ4n) is 3.58. The van der Waals surface area contributed by atoms with Crippen LogP contribution in [0, 0.1) is 0 Å². The van der Waals surface area contributed by atoms with Gasteiger partial charge in [-0.1, -0.05) is 24.3 Å². The van der Waals surface area contributed by atoms with Crippen molar-refractivity contribution in [3.05, 3.63) is 59.7 Å². The minimum Gasteiger partial charge on any atom is -0.345 e. The van der Waals surface area contributed by atoms with E-state index in [2.05, 4.69) is 25.9 Å². The molecule has 1 aromatic heterocycles. The molecule has 2 atom stereocenters. The lowest BCUT2D eigenvalue weighted by molar-refractivity contribution is -0.132. The second-order valence-electron chi connectivity index (χ2n) is 7.59. The molecular weight excluding hydrogens is 399 g/mol. The average Bonchev–Trinajstić information content (AvgIpc) is 3.48. The van der Waals surface area contributed by atoms with Crippen molar-refractivity contribution < 1.29 is 22.8 Å². The van der Waals surface area contributed by atoms with E-state index in [1.54, 1.807) is 30.6 Å². The summed E-state index contributed by atoms with van der Waals surface area (Å²) in [6, 6.07) is 6.99. The van der Waals surface area contributed by atoms with Gasteiger partial charge in [0.15, 0.2) is 5.82 Å². The van der Waals surface area contributed by atoms with Crippen LogP contribution in [0.25, 0.3) is 0 Å². The molecule has 2 heterocycles. The highest BCUT2D eigenvalue weighted by Gasteiger charge is 2.47. The molecule has 7 nitrogen and oxygen atoms in total. The first-order valence-electron chi connectivity index (χ1n) is 9.55. The Kier molecular flexibility index (Phi) is 5.19. The molecule has 1 saturated carbocycles. The van der Waals surface area contributed by atoms with Crippen LogP contribution in [-0.4, -0.2) is 34.0 Å². The molecule has 1 aliphatic heterocycles. The van der Waals surface area contributed by atoms with E-state index in [0.717, 1.165) is 5.56 Å². The van der Waals surface area contributed by atoms with Gasteiger partial charge in [-0.2, -0.15) is 13.2 Å². The summed E-state index contributed by atoms with van der Waals surface area (Å²) in [5.41, 5.74) is 0.317. The van der Waals surface area contributed by atoms with Gasteiger partial charge in [0, 0.05) is 12.4 Å². The van der Waals surface area contributed by atoms with E-state index in [0.29, 0.717) is 18.7 Å². The number of nitrogens with one attached hydrogen (secondary N) is 3. The van der Waals surface area contributed by atoms with Crippen LogP contribution in [-0.2, 0) is 21.5 Å². The summed E-state index contributed by atoms with van der Waals surface area (Å²) in [7, 11) is 0. The predicted molar refractivity (Wildman–Crippen MR) is 99.7 cm³/mol. The van der Waals surface area contributed by atoms with Crippen LogP contribution in [0.5, 0.6) is 0 Å². The Balaban J connectivity index is 1.43. The minimum atomic E-state index is -4.26. The Morgan fingerprint density at radius 2 is 1.83 bits per heavy atom. The molecule has 3 N–H and O–H groups in total. The third-order valence-corrected chi connectivity index (χ3v) is 5.25. The quantitative estimate of drug-likeness (QED) is 0.688. The van der Waals surface area contributed by atoms with Gasteiger partial charge < -0.3 is 10.6 Å². The maximum Gasteiger partial charge on any atom is 0.393 e. The van der Waals surface area contributed by atoms with Crippen molar-refractivity contribution in [2.75, 3.05) is 0 Å². The number of rotatable bonds is 5. The number of hydrogen-bond acceptors (Lipinski definition) is 5. The number of amides is 2. The SMILES string of the molecule is O=C1CC(C(=O)NC2(c3ccc(CC(F)(F)F)cc3)CC2)NC(c2ncccn2)N1. The van der Waals surface area contributed by atoms with E-state index in [9.17, 15) is 22.8 Å². The maximum absolute atomic E-state index is 12.9. The molecule has 2 fully saturated rings. The van der Waals surface area contributed by atoms with Gasteiger partial charge in [-0.3, -0.25) is 14.9 Å². The highest BCUT2D eigenvalue weighted by molar-refractivity contribution is 5.90. The first-order chi connectivity index (χ1) is 14.2. The van der Waals surface area contributed by atoms with E-state index in [1.807, 2.05) is 0 Å². The van der Waals surface area contributed by atoms with Crippen LogP contribution in [0.3, 0.4) is 0 Å². The molecule has 0 bridgehead atoms. The van der Waals surface area contributed by atoms with Crippen LogP contribution in [0.2, 0.25) is 0 Å². The van der Waals surface area contributed by atoms with Crippen LogP contribution in [0.1, 0.15) is 42.4 Å². The standard InChI is InChI=1S/C20H20F3N5O2/c21-20(22,23)11-12-2-4-13(5-3-12)19(6-7-19)28-18(30)14-10-15(29)27-17(26-14)16-24-8-1-9-25-16/h1-5,8-9,14,17,26H,6-7,10-11H2,(H,27,29)(H,28,30). The van der Waals surface area contributed by atoms with E-state index in [1.165, 1.54) is 12.1 Å². The van der Waals surface area contributed by atoms with Crippen molar-refractivity contribution in [1.29, 1.82) is 0 Å². The number of aromatic nitrogens is 2. The van der Waals surface area contributed by atoms with E-state index in [-0.39, 0.29) is 23.8 Å². The summed E-state index contributed by atoms with van der Waals surface area (Å²) in [4.78, 5) is 33.1. The Morgan fingerprint density at radius 3 is 2.43 bits per heavy atom. The largest absolute Gasteiger partial charge is 0.393 e.